The molecule has 8 nitrogen and oxygen atoms in total. The molecule has 0 aromatic heterocycles. The number of hydrogen-bond acceptors (Lipinski definition) is 8. The summed E-state index contributed by atoms with van der Waals surface area (Å²) in [6, 6.07) is 11.6. The maximum absolute atomic E-state index is 13.4. The molecule has 0 bridgehead atoms. The first kappa shape index (κ1) is 33.1. The molecule has 2 rings (SSSR count). The van der Waals surface area contributed by atoms with E-state index in [1.807, 2.05) is 13.8 Å². The Balaban J connectivity index is 2.11. The van der Waals surface area contributed by atoms with Gasteiger partial charge in [0.25, 0.3) is 0 Å². The molecule has 0 aliphatic heterocycles. The highest BCUT2D eigenvalue weighted by molar-refractivity contribution is 7.49. The molecule has 0 saturated carbocycles. The van der Waals surface area contributed by atoms with Crippen LogP contribution < -0.4 is 9.05 Å². The second-order valence-corrected chi connectivity index (χ2v) is 12.8. The topological polar surface area (TPSA) is 89.5 Å². The Morgan fingerprint density at radius 1 is 0.763 bits per heavy atom. The molecule has 0 aliphatic rings. The molecule has 2 atom stereocenters. The van der Waals surface area contributed by atoms with Gasteiger partial charge in [0.2, 0.25) is 0 Å². The monoisotopic (exact) mass is 610 g/mol. The molecule has 2 aromatic rings. The standard InChI is InChI=1S/C26H38Cl2O8P2/c1-6-8-16-31-37(29,32-17-9-7-2)35-26-15-14-22(19-24(26)28)18-21(5)34-38(30,33-20(3)4)36-25-13-11-10-12-23(25)27/h10-15,19-21H,6-9,16-18H2,1-5H3. The number of para-hydroxylation sites is 1. The maximum atomic E-state index is 13.4. The van der Waals surface area contributed by atoms with Crippen molar-refractivity contribution in [2.75, 3.05) is 13.2 Å². The van der Waals surface area contributed by atoms with Gasteiger partial charge in [0.1, 0.15) is 11.5 Å². The third-order valence-corrected chi connectivity index (χ3v) is 8.66. The van der Waals surface area contributed by atoms with Crippen LogP contribution in [0.25, 0.3) is 0 Å². The predicted octanol–water partition coefficient (Wildman–Crippen LogP) is 9.67. The molecule has 214 valence electrons. The van der Waals surface area contributed by atoms with Crippen LogP contribution in [0.15, 0.2) is 42.5 Å². The molecule has 38 heavy (non-hydrogen) atoms. The zero-order valence-electron chi connectivity index (χ0n) is 22.6. The van der Waals surface area contributed by atoms with Crippen molar-refractivity contribution in [3.63, 3.8) is 0 Å². The van der Waals surface area contributed by atoms with Crippen LogP contribution in [0.1, 0.15) is 65.9 Å². The lowest BCUT2D eigenvalue weighted by atomic mass is 10.1. The fourth-order valence-corrected chi connectivity index (χ4v) is 6.53. The van der Waals surface area contributed by atoms with Crippen LogP contribution in [-0.4, -0.2) is 25.4 Å². The second kappa shape index (κ2) is 16.2. The Labute approximate surface area is 236 Å². The number of rotatable bonds is 18. The number of unbranched alkanes of at least 4 members (excludes halogenated alkanes) is 2. The normalized spacial score (nSPS) is 14.3. The maximum Gasteiger partial charge on any atom is 0.530 e. The molecule has 0 N–H and O–H groups in total. The third kappa shape index (κ3) is 11.6. The van der Waals surface area contributed by atoms with Crippen LogP contribution in [0.4, 0.5) is 0 Å². The summed E-state index contributed by atoms with van der Waals surface area (Å²) >= 11 is 12.6. The molecule has 0 heterocycles. The first-order chi connectivity index (χ1) is 18.0. The summed E-state index contributed by atoms with van der Waals surface area (Å²) in [6.45, 7) is 9.70. The van der Waals surface area contributed by atoms with E-state index in [1.165, 1.54) is 0 Å². The summed E-state index contributed by atoms with van der Waals surface area (Å²) in [6.07, 6.45) is 2.53. The summed E-state index contributed by atoms with van der Waals surface area (Å²) in [5, 5.41) is 0.510. The highest BCUT2D eigenvalue weighted by atomic mass is 35.5. The molecule has 0 aliphatic carbocycles. The Kier molecular flexibility index (Phi) is 14.2. The second-order valence-electron chi connectivity index (χ2n) is 8.92. The van der Waals surface area contributed by atoms with E-state index in [4.69, 9.17) is 50.3 Å². The van der Waals surface area contributed by atoms with Gasteiger partial charge in [0.05, 0.1) is 35.5 Å². The molecule has 0 amide bonds. The molecule has 0 radical (unpaired) electrons. The van der Waals surface area contributed by atoms with Crippen LogP contribution in [-0.2, 0) is 33.6 Å². The average Bonchev–Trinajstić information content (AvgIpc) is 2.82. The van der Waals surface area contributed by atoms with Crippen molar-refractivity contribution in [2.45, 2.75) is 78.9 Å². The van der Waals surface area contributed by atoms with E-state index in [0.717, 1.165) is 31.2 Å². The van der Waals surface area contributed by atoms with Crippen LogP contribution >= 0.6 is 38.8 Å². The SMILES string of the molecule is CCCCOP(=O)(OCCCC)Oc1ccc(CC(C)OP(=O)(Oc2ccccc2Cl)OC(C)C)cc1Cl. The van der Waals surface area contributed by atoms with E-state index < -0.39 is 27.9 Å². The van der Waals surface area contributed by atoms with Gasteiger partial charge in [-0.25, -0.2) is 9.13 Å². The van der Waals surface area contributed by atoms with Gasteiger partial charge in [-0.05, 0) is 69.9 Å². The summed E-state index contributed by atoms with van der Waals surface area (Å²) in [5.41, 5.74) is 0.761. The summed E-state index contributed by atoms with van der Waals surface area (Å²) < 4.78 is 60.1. The first-order valence-corrected chi connectivity index (χ1v) is 16.4. The van der Waals surface area contributed by atoms with Gasteiger partial charge >= 0.3 is 15.6 Å². The van der Waals surface area contributed by atoms with Gasteiger partial charge in [-0.3, -0.25) is 18.1 Å². The number of benzene rings is 2. The van der Waals surface area contributed by atoms with Crippen molar-refractivity contribution >= 4 is 38.8 Å². The number of halogens is 2. The third-order valence-electron chi connectivity index (χ3n) is 4.92. The zero-order chi connectivity index (χ0) is 28.2. The van der Waals surface area contributed by atoms with Crippen molar-refractivity contribution in [1.82, 2.24) is 0 Å². The van der Waals surface area contributed by atoms with E-state index in [-0.39, 0.29) is 34.8 Å². The molecule has 2 unspecified atom stereocenters. The minimum absolute atomic E-state index is 0.177. The molecule has 2 aromatic carbocycles. The first-order valence-electron chi connectivity index (χ1n) is 12.8. The lowest BCUT2D eigenvalue weighted by molar-refractivity contribution is 0.0969. The lowest BCUT2D eigenvalue weighted by Gasteiger charge is -2.24. The van der Waals surface area contributed by atoms with E-state index in [9.17, 15) is 9.13 Å². The summed E-state index contributed by atoms with van der Waals surface area (Å²) in [7, 11) is -7.85. The van der Waals surface area contributed by atoms with Crippen LogP contribution in [0.3, 0.4) is 0 Å². The highest BCUT2D eigenvalue weighted by Gasteiger charge is 2.34. The van der Waals surface area contributed by atoms with Crippen molar-refractivity contribution in [3.8, 4) is 11.5 Å². The highest BCUT2D eigenvalue weighted by Crippen LogP contribution is 2.53. The van der Waals surface area contributed by atoms with Gasteiger partial charge in [0.15, 0.2) is 0 Å². The van der Waals surface area contributed by atoms with Gasteiger partial charge < -0.3 is 9.05 Å². The minimum Gasteiger partial charge on any atom is -0.402 e. The van der Waals surface area contributed by atoms with Gasteiger partial charge in [-0.1, -0.05) is 68.1 Å². The Morgan fingerprint density at radius 2 is 1.34 bits per heavy atom. The van der Waals surface area contributed by atoms with Gasteiger partial charge in [0, 0.05) is 0 Å². The number of hydrogen-bond donors (Lipinski definition) is 0. The number of phosphoric ester groups is 2. The van der Waals surface area contributed by atoms with Crippen LogP contribution in [0.5, 0.6) is 11.5 Å². The van der Waals surface area contributed by atoms with Crippen molar-refractivity contribution in [3.05, 3.63) is 58.1 Å². The van der Waals surface area contributed by atoms with E-state index in [2.05, 4.69) is 0 Å². The average molecular weight is 611 g/mol. The molecule has 12 heteroatoms. The molecule has 0 spiro atoms. The Hall–Kier alpha value is -1.08. The lowest BCUT2D eigenvalue weighted by Crippen LogP contribution is -2.16. The number of phosphoric acid groups is 2. The summed E-state index contributed by atoms with van der Waals surface area (Å²) in [5.74, 6) is 0.373. The van der Waals surface area contributed by atoms with Gasteiger partial charge in [-0.15, -0.1) is 0 Å². The summed E-state index contributed by atoms with van der Waals surface area (Å²) in [4.78, 5) is 0. The molecule has 0 fully saturated rings. The van der Waals surface area contributed by atoms with Gasteiger partial charge in [-0.2, -0.15) is 0 Å². The quantitative estimate of drug-likeness (QED) is 0.122. The van der Waals surface area contributed by atoms with E-state index in [1.54, 1.807) is 63.2 Å². The predicted molar refractivity (Wildman–Crippen MR) is 152 cm³/mol. The Bertz CT molecular complexity index is 1080. The smallest absolute Gasteiger partial charge is 0.402 e. The van der Waals surface area contributed by atoms with Crippen molar-refractivity contribution in [1.29, 1.82) is 0 Å². The largest absolute Gasteiger partial charge is 0.530 e. The molecule has 0 saturated heterocycles. The minimum atomic E-state index is -4.01. The fraction of sp³-hybridized carbons (Fsp3) is 0.538. The van der Waals surface area contributed by atoms with Crippen molar-refractivity contribution in [2.24, 2.45) is 0 Å². The van der Waals surface area contributed by atoms with E-state index >= 15 is 0 Å². The van der Waals surface area contributed by atoms with Crippen LogP contribution in [0.2, 0.25) is 10.0 Å². The molecular weight excluding hydrogens is 573 g/mol. The van der Waals surface area contributed by atoms with E-state index in [0.29, 0.717) is 6.42 Å². The van der Waals surface area contributed by atoms with Crippen molar-refractivity contribution < 1.29 is 36.3 Å². The van der Waals surface area contributed by atoms with Crippen LogP contribution in [0, 0.1) is 0 Å². The fourth-order valence-electron chi connectivity index (χ4n) is 3.15. The Morgan fingerprint density at radius 3 is 1.89 bits per heavy atom. The molecular formula is C26H38Cl2O8P2. The zero-order valence-corrected chi connectivity index (χ0v) is 25.9.